The van der Waals surface area contributed by atoms with Crippen LogP contribution in [-0.4, -0.2) is 12.0 Å². The van der Waals surface area contributed by atoms with Crippen LogP contribution in [0.5, 0.6) is 0 Å². The highest BCUT2D eigenvalue weighted by atomic mass is 35.5. The van der Waals surface area contributed by atoms with Crippen molar-refractivity contribution in [2.24, 2.45) is 0 Å². The van der Waals surface area contributed by atoms with Crippen LogP contribution in [0.15, 0.2) is 55.2 Å². The van der Waals surface area contributed by atoms with Gasteiger partial charge in [0, 0.05) is 28.8 Å². The first-order valence-corrected chi connectivity index (χ1v) is 7.02. The first kappa shape index (κ1) is 13.7. The maximum atomic E-state index is 10.9. The summed E-state index contributed by atoms with van der Waals surface area (Å²) >= 11 is 5.30. The van der Waals surface area contributed by atoms with Crippen LogP contribution < -0.4 is 5.32 Å². The van der Waals surface area contributed by atoms with Crippen LogP contribution in [0.4, 0.5) is 10.5 Å². The van der Waals surface area contributed by atoms with Crippen molar-refractivity contribution in [3.8, 4) is 11.1 Å². The van der Waals surface area contributed by atoms with Crippen LogP contribution in [0, 0.1) is 0 Å². The molecule has 2 aromatic carbocycles. The molecule has 0 aromatic heterocycles. The lowest BCUT2D eigenvalue weighted by Crippen LogP contribution is -2.08. The molecule has 4 heteroatoms. The number of hydrogen-bond acceptors (Lipinski definition) is 3. The van der Waals surface area contributed by atoms with E-state index in [1.54, 1.807) is 6.20 Å². The summed E-state index contributed by atoms with van der Waals surface area (Å²) in [5, 5.41) is 3.16. The Bertz CT molecular complexity index is 712. The quantitative estimate of drug-likeness (QED) is 0.829. The smallest absolute Gasteiger partial charge is 0.403 e. The lowest BCUT2D eigenvalue weighted by molar-refractivity contribution is 0.170. The molecule has 0 saturated heterocycles. The van der Waals surface area contributed by atoms with E-state index in [2.05, 4.69) is 30.1 Å². The molecule has 0 radical (unpaired) electrons. The van der Waals surface area contributed by atoms with E-state index < -0.39 is 5.43 Å². The van der Waals surface area contributed by atoms with E-state index in [9.17, 15) is 4.79 Å². The molecule has 1 atom stereocenters. The molecule has 0 aliphatic heterocycles. The molecule has 0 spiro atoms. The molecule has 3 rings (SSSR count). The van der Waals surface area contributed by atoms with Crippen LogP contribution in [0.1, 0.15) is 17.0 Å². The third kappa shape index (κ3) is 2.41. The minimum Gasteiger partial charge on any atom is -0.453 e. The second-order valence-electron chi connectivity index (χ2n) is 4.81. The van der Waals surface area contributed by atoms with Gasteiger partial charge in [0.1, 0.15) is 6.61 Å². The molecule has 2 aromatic rings. The van der Waals surface area contributed by atoms with Crippen molar-refractivity contribution in [3.05, 3.63) is 66.4 Å². The van der Waals surface area contributed by atoms with Gasteiger partial charge in [0.2, 0.25) is 0 Å². The van der Waals surface area contributed by atoms with Gasteiger partial charge in [-0.2, -0.15) is 0 Å². The van der Waals surface area contributed by atoms with E-state index in [4.69, 9.17) is 16.3 Å². The summed E-state index contributed by atoms with van der Waals surface area (Å²) in [6.45, 7) is 3.96. The number of carbonyl (C=O) groups is 1. The zero-order valence-corrected chi connectivity index (χ0v) is 12.1. The molecule has 0 amide bonds. The van der Waals surface area contributed by atoms with E-state index in [0.29, 0.717) is 0 Å². The molecule has 0 heterocycles. The maximum absolute atomic E-state index is 10.9. The summed E-state index contributed by atoms with van der Waals surface area (Å²) < 4.78 is 5.03. The maximum Gasteiger partial charge on any atom is 0.403 e. The highest BCUT2D eigenvalue weighted by Gasteiger charge is 2.30. The predicted octanol–water partition coefficient (Wildman–Crippen LogP) is 4.73. The molecule has 1 aliphatic rings. The number of rotatable bonds is 4. The summed E-state index contributed by atoms with van der Waals surface area (Å²) in [4.78, 5) is 10.9. The monoisotopic (exact) mass is 299 g/mol. The zero-order chi connectivity index (χ0) is 14.8. The average Bonchev–Trinajstić information content (AvgIpc) is 2.80. The van der Waals surface area contributed by atoms with Crippen molar-refractivity contribution in [1.29, 1.82) is 0 Å². The molecule has 3 nitrogen and oxygen atoms in total. The number of carbonyl (C=O) groups excluding carboxylic acids is 1. The predicted molar refractivity (Wildman–Crippen MR) is 84.7 cm³/mol. The van der Waals surface area contributed by atoms with E-state index in [1.165, 1.54) is 0 Å². The molecular weight excluding hydrogens is 286 g/mol. The number of fused-ring (bicyclic) bond motifs is 3. The molecular formula is C17H14ClNO2. The Kier molecular flexibility index (Phi) is 3.67. The van der Waals surface area contributed by atoms with Gasteiger partial charge in [-0.05, 0) is 29.0 Å². The van der Waals surface area contributed by atoms with Crippen LogP contribution >= 0.6 is 11.6 Å². The number of anilines is 1. The van der Waals surface area contributed by atoms with Gasteiger partial charge in [-0.25, -0.2) is 4.79 Å². The van der Waals surface area contributed by atoms with Gasteiger partial charge in [0.25, 0.3) is 0 Å². The van der Waals surface area contributed by atoms with E-state index in [-0.39, 0.29) is 12.5 Å². The van der Waals surface area contributed by atoms with Crippen molar-refractivity contribution < 1.29 is 9.53 Å². The standard InChI is InChI=1S/C17H14ClNO2/c1-2-19-15-9-5-8-13-14(10-21-17(18)20)11-6-3-4-7-12(11)16(13)15/h2-9,14,19H,1,10H2. The SMILES string of the molecule is C=CNc1cccc2c1-c1ccccc1C2COC(=O)Cl. The first-order valence-electron chi connectivity index (χ1n) is 6.64. The number of benzene rings is 2. The summed E-state index contributed by atoms with van der Waals surface area (Å²) in [6, 6.07) is 14.2. The number of halogens is 1. The Morgan fingerprint density at radius 3 is 2.76 bits per heavy atom. The number of ether oxygens (including phenoxy) is 1. The zero-order valence-electron chi connectivity index (χ0n) is 11.3. The minimum atomic E-state index is -0.777. The summed E-state index contributed by atoms with van der Waals surface area (Å²) in [5.41, 5.74) is 4.76. The summed E-state index contributed by atoms with van der Waals surface area (Å²) in [6.07, 6.45) is 1.66. The van der Waals surface area contributed by atoms with Gasteiger partial charge >= 0.3 is 5.43 Å². The first-order chi connectivity index (χ1) is 10.2. The third-order valence-corrected chi connectivity index (χ3v) is 3.81. The molecule has 21 heavy (non-hydrogen) atoms. The van der Waals surface area contributed by atoms with Crippen molar-refractivity contribution >= 4 is 22.7 Å². The van der Waals surface area contributed by atoms with Crippen molar-refractivity contribution in [2.75, 3.05) is 11.9 Å². The fourth-order valence-electron chi connectivity index (χ4n) is 2.92. The highest BCUT2D eigenvalue weighted by molar-refractivity contribution is 6.61. The summed E-state index contributed by atoms with van der Waals surface area (Å²) in [5.74, 6) is 0.00506. The molecule has 0 fully saturated rings. The van der Waals surface area contributed by atoms with Gasteiger partial charge in [0.15, 0.2) is 0 Å². The van der Waals surface area contributed by atoms with Gasteiger partial charge in [-0.3, -0.25) is 0 Å². The summed E-state index contributed by atoms with van der Waals surface area (Å²) in [7, 11) is 0. The van der Waals surface area contributed by atoms with Crippen LogP contribution in [-0.2, 0) is 4.74 Å². The third-order valence-electron chi connectivity index (χ3n) is 3.70. The molecule has 1 unspecified atom stereocenters. The Labute approximate surface area is 128 Å². The van der Waals surface area contributed by atoms with Crippen LogP contribution in [0.2, 0.25) is 0 Å². The van der Waals surface area contributed by atoms with E-state index in [1.807, 2.05) is 24.3 Å². The van der Waals surface area contributed by atoms with Crippen LogP contribution in [0.3, 0.4) is 0 Å². The second-order valence-corrected chi connectivity index (χ2v) is 5.12. The Morgan fingerprint density at radius 1 is 1.24 bits per heavy atom. The second kappa shape index (κ2) is 5.62. The van der Waals surface area contributed by atoms with Crippen molar-refractivity contribution in [1.82, 2.24) is 0 Å². The van der Waals surface area contributed by atoms with Gasteiger partial charge in [-0.15, -0.1) is 0 Å². The Balaban J connectivity index is 2.12. The Hall–Kier alpha value is -2.26. The lowest BCUT2D eigenvalue weighted by atomic mass is 9.98. The van der Waals surface area contributed by atoms with Crippen molar-refractivity contribution in [2.45, 2.75) is 5.92 Å². The van der Waals surface area contributed by atoms with Crippen molar-refractivity contribution in [3.63, 3.8) is 0 Å². The van der Waals surface area contributed by atoms with Gasteiger partial charge in [-0.1, -0.05) is 43.0 Å². The fraction of sp³-hybridized carbons (Fsp3) is 0.118. The Morgan fingerprint density at radius 2 is 2.00 bits per heavy atom. The van der Waals surface area contributed by atoms with E-state index in [0.717, 1.165) is 27.9 Å². The largest absolute Gasteiger partial charge is 0.453 e. The number of nitrogens with one attached hydrogen (secondary N) is 1. The highest BCUT2D eigenvalue weighted by Crippen LogP contribution is 2.48. The molecule has 106 valence electrons. The normalized spacial score (nSPS) is 15.0. The van der Waals surface area contributed by atoms with Gasteiger partial charge < -0.3 is 10.1 Å². The topological polar surface area (TPSA) is 38.3 Å². The molecule has 1 N–H and O–H groups in total. The van der Waals surface area contributed by atoms with E-state index >= 15 is 0 Å². The number of hydrogen-bond donors (Lipinski definition) is 1. The van der Waals surface area contributed by atoms with Gasteiger partial charge in [0.05, 0.1) is 0 Å². The molecule has 0 saturated carbocycles. The molecule has 1 aliphatic carbocycles. The fourth-order valence-corrected chi connectivity index (χ4v) is 2.98. The molecule has 0 bridgehead atoms. The minimum absolute atomic E-state index is 0.00506. The van der Waals surface area contributed by atoms with Crippen LogP contribution in [0.25, 0.3) is 11.1 Å². The average molecular weight is 300 g/mol. The lowest BCUT2D eigenvalue weighted by Gasteiger charge is -2.13.